The maximum Gasteiger partial charge on any atom is 0.0712 e. The summed E-state index contributed by atoms with van der Waals surface area (Å²) < 4.78 is 0. The lowest BCUT2D eigenvalue weighted by atomic mass is 10.1. The molecule has 86 valence electrons. The number of thiophene rings is 2. The van der Waals surface area contributed by atoms with Crippen molar-refractivity contribution in [2.75, 3.05) is 6.61 Å². The third kappa shape index (κ3) is 3.15. The number of hydroxylamine groups is 1. The van der Waals surface area contributed by atoms with Gasteiger partial charge in [-0.2, -0.15) is 5.48 Å². The van der Waals surface area contributed by atoms with E-state index in [-0.39, 0.29) is 6.04 Å². The molecule has 0 radical (unpaired) electrons. The first-order chi connectivity index (χ1) is 7.90. The largest absolute Gasteiger partial charge is 0.301 e. The van der Waals surface area contributed by atoms with Crippen molar-refractivity contribution >= 4 is 22.7 Å². The van der Waals surface area contributed by atoms with Gasteiger partial charge >= 0.3 is 0 Å². The van der Waals surface area contributed by atoms with E-state index in [1.807, 2.05) is 6.92 Å². The van der Waals surface area contributed by atoms with Crippen LogP contribution < -0.4 is 5.48 Å². The van der Waals surface area contributed by atoms with Crippen molar-refractivity contribution in [2.24, 2.45) is 0 Å². The molecule has 1 atom stereocenters. The number of hydrogen-bond acceptors (Lipinski definition) is 4. The summed E-state index contributed by atoms with van der Waals surface area (Å²) in [5.74, 6) is 0. The average Bonchev–Trinajstić information content (AvgIpc) is 2.96. The van der Waals surface area contributed by atoms with E-state index in [2.05, 4.69) is 40.5 Å². The van der Waals surface area contributed by atoms with Crippen molar-refractivity contribution in [1.29, 1.82) is 0 Å². The molecular formula is C12H15NOS2. The molecule has 0 aliphatic rings. The van der Waals surface area contributed by atoms with Crippen LogP contribution in [0.3, 0.4) is 0 Å². The van der Waals surface area contributed by atoms with Gasteiger partial charge in [0.15, 0.2) is 0 Å². The second-order valence-electron chi connectivity index (χ2n) is 3.40. The Balaban J connectivity index is 2.03. The number of hydrogen-bond donors (Lipinski definition) is 1. The van der Waals surface area contributed by atoms with E-state index in [0.29, 0.717) is 6.61 Å². The lowest BCUT2D eigenvalue weighted by Crippen LogP contribution is -2.22. The highest BCUT2D eigenvalue weighted by Crippen LogP contribution is 2.24. The van der Waals surface area contributed by atoms with Crippen molar-refractivity contribution in [2.45, 2.75) is 19.4 Å². The normalized spacial score (nSPS) is 12.8. The van der Waals surface area contributed by atoms with Crippen LogP contribution in [0.25, 0.3) is 0 Å². The van der Waals surface area contributed by atoms with E-state index in [1.165, 1.54) is 9.75 Å². The highest BCUT2D eigenvalue weighted by atomic mass is 32.1. The van der Waals surface area contributed by atoms with E-state index < -0.39 is 0 Å². The fourth-order valence-corrected chi connectivity index (χ4v) is 3.02. The Bertz CT molecular complexity index is 383. The molecular weight excluding hydrogens is 238 g/mol. The van der Waals surface area contributed by atoms with Crippen molar-refractivity contribution in [3.63, 3.8) is 0 Å². The fourth-order valence-electron chi connectivity index (χ4n) is 1.50. The molecule has 2 aromatic rings. The highest BCUT2D eigenvalue weighted by molar-refractivity contribution is 7.10. The van der Waals surface area contributed by atoms with Gasteiger partial charge in [0.05, 0.1) is 12.6 Å². The van der Waals surface area contributed by atoms with Crippen molar-refractivity contribution in [3.8, 4) is 0 Å². The number of nitrogens with one attached hydrogen (secondary N) is 1. The molecule has 2 aromatic heterocycles. The van der Waals surface area contributed by atoms with Crippen LogP contribution in [0.2, 0.25) is 0 Å². The van der Waals surface area contributed by atoms with E-state index in [4.69, 9.17) is 4.84 Å². The Morgan fingerprint density at radius 3 is 2.69 bits per heavy atom. The van der Waals surface area contributed by atoms with Gasteiger partial charge < -0.3 is 4.84 Å². The third-order valence-corrected chi connectivity index (χ3v) is 4.13. The standard InChI is InChI=1S/C12H15NOS2/c1-2-14-13-11(12-6-4-8-16-12)9-10-5-3-7-15-10/h3-8,11,13H,2,9H2,1H3. The summed E-state index contributed by atoms with van der Waals surface area (Å²) in [6, 6.07) is 8.74. The first-order valence-corrected chi connectivity index (χ1v) is 7.09. The van der Waals surface area contributed by atoms with Gasteiger partial charge in [0.2, 0.25) is 0 Å². The topological polar surface area (TPSA) is 21.3 Å². The highest BCUT2D eigenvalue weighted by Gasteiger charge is 2.13. The summed E-state index contributed by atoms with van der Waals surface area (Å²) in [4.78, 5) is 8.03. The molecule has 4 heteroatoms. The van der Waals surface area contributed by atoms with Crippen molar-refractivity contribution in [3.05, 3.63) is 44.8 Å². The molecule has 16 heavy (non-hydrogen) atoms. The van der Waals surface area contributed by atoms with Crippen LogP contribution >= 0.6 is 22.7 Å². The molecule has 0 saturated heterocycles. The molecule has 0 saturated carbocycles. The Hall–Kier alpha value is -0.680. The maximum atomic E-state index is 5.33. The molecule has 0 amide bonds. The second kappa shape index (κ2) is 6.15. The Kier molecular flexibility index (Phi) is 4.54. The lowest BCUT2D eigenvalue weighted by Gasteiger charge is -2.15. The third-order valence-electron chi connectivity index (χ3n) is 2.24. The summed E-state index contributed by atoms with van der Waals surface area (Å²) in [5.41, 5.74) is 3.13. The monoisotopic (exact) mass is 253 g/mol. The van der Waals surface area contributed by atoms with E-state index in [1.54, 1.807) is 22.7 Å². The molecule has 0 bridgehead atoms. The average molecular weight is 253 g/mol. The Labute approximate surface area is 104 Å². The minimum atomic E-state index is 0.263. The first-order valence-electron chi connectivity index (χ1n) is 5.33. The summed E-state index contributed by atoms with van der Waals surface area (Å²) in [7, 11) is 0. The maximum absolute atomic E-state index is 5.33. The minimum Gasteiger partial charge on any atom is -0.301 e. The smallest absolute Gasteiger partial charge is 0.0712 e. The van der Waals surface area contributed by atoms with Crippen molar-refractivity contribution < 1.29 is 4.84 Å². The zero-order valence-corrected chi connectivity index (χ0v) is 10.8. The lowest BCUT2D eigenvalue weighted by molar-refractivity contribution is 0.0250. The molecule has 2 nitrogen and oxygen atoms in total. The van der Waals surface area contributed by atoms with Crippen LogP contribution in [0.15, 0.2) is 35.0 Å². The van der Waals surface area contributed by atoms with E-state index >= 15 is 0 Å². The van der Waals surface area contributed by atoms with Crippen LogP contribution in [0.4, 0.5) is 0 Å². The van der Waals surface area contributed by atoms with Gasteiger partial charge in [-0.15, -0.1) is 22.7 Å². The summed E-state index contributed by atoms with van der Waals surface area (Å²) in [5, 5.41) is 4.21. The van der Waals surface area contributed by atoms with E-state index in [0.717, 1.165) is 6.42 Å². The molecule has 2 heterocycles. The fraction of sp³-hybridized carbons (Fsp3) is 0.333. The summed E-state index contributed by atoms with van der Waals surface area (Å²) in [6.07, 6.45) is 0.984. The molecule has 0 aromatic carbocycles. The Morgan fingerprint density at radius 1 is 1.25 bits per heavy atom. The van der Waals surface area contributed by atoms with Gasteiger partial charge in [-0.25, -0.2) is 0 Å². The molecule has 0 fully saturated rings. The van der Waals surface area contributed by atoms with E-state index in [9.17, 15) is 0 Å². The van der Waals surface area contributed by atoms with Crippen molar-refractivity contribution in [1.82, 2.24) is 5.48 Å². The predicted octanol–water partition coefficient (Wildman–Crippen LogP) is 3.63. The van der Waals surface area contributed by atoms with Crippen LogP contribution in [-0.2, 0) is 11.3 Å². The first kappa shape index (κ1) is 11.8. The summed E-state index contributed by atoms with van der Waals surface area (Å²) in [6.45, 7) is 2.68. The van der Waals surface area contributed by atoms with Crippen LogP contribution in [0, 0.1) is 0 Å². The molecule has 0 aliphatic carbocycles. The van der Waals surface area contributed by atoms with Gasteiger partial charge in [-0.1, -0.05) is 12.1 Å². The zero-order chi connectivity index (χ0) is 11.2. The van der Waals surface area contributed by atoms with Crippen LogP contribution in [0.5, 0.6) is 0 Å². The van der Waals surface area contributed by atoms with Crippen LogP contribution in [-0.4, -0.2) is 6.61 Å². The van der Waals surface area contributed by atoms with Gasteiger partial charge in [-0.3, -0.25) is 0 Å². The molecule has 2 rings (SSSR count). The minimum absolute atomic E-state index is 0.263. The van der Waals surface area contributed by atoms with Crippen LogP contribution in [0.1, 0.15) is 22.7 Å². The molecule has 0 spiro atoms. The summed E-state index contributed by atoms with van der Waals surface area (Å²) >= 11 is 3.56. The van der Waals surface area contributed by atoms with Gasteiger partial charge in [0.25, 0.3) is 0 Å². The van der Waals surface area contributed by atoms with Gasteiger partial charge in [0.1, 0.15) is 0 Å². The molecule has 0 aliphatic heterocycles. The Morgan fingerprint density at radius 2 is 2.06 bits per heavy atom. The SMILES string of the molecule is CCONC(Cc1cccs1)c1cccs1. The van der Waals surface area contributed by atoms with Gasteiger partial charge in [0, 0.05) is 16.2 Å². The predicted molar refractivity (Wildman–Crippen MR) is 69.8 cm³/mol. The van der Waals surface area contributed by atoms with Gasteiger partial charge in [-0.05, 0) is 29.8 Å². The number of rotatable bonds is 6. The molecule has 1 unspecified atom stereocenters. The molecule has 1 N–H and O–H groups in total. The quantitative estimate of drug-likeness (QED) is 0.794. The second-order valence-corrected chi connectivity index (χ2v) is 5.41. The zero-order valence-electron chi connectivity index (χ0n) is 9.18.